The predicted molar refractivity (Wildman–Crippen MR) is 75.9 cm³/mol. The average Bonchev–Trinajstić information content (AvgIpc) is 2.40. The standard InChI is InChI=1S/2C7H6O3.Li/c2*8-6-4-2-1-3-5(6)7(9)10;/h2*1-4,8H,(H,9,10);. The van der Waals surface area contributed by atoms with Gasteiger partial charge in [0.2, 0.25) is 0 Å². The number of carboxylic acids is 2. The van der Waals surface area contributed by atoms with E-state index in [0.29, 0.717) is 0 Å². The molecule has 105 valence electrons. The van der Waals surface area contributed by atoms with Crippen molar-refractivity contribution < 1.29 is 30.0 Å². The first-order chi connectivity index (χ1) is 9.43. The van der Waals surface area contributed by atoms with Gasteiger partial charge in [0.1, 0.15) is 22.6 Å². The van der Waals surface area contributed by atoms with E-state index >= 15 is 0 Å². The Labute approximate surface area is 132 Å². The summed E-state index contributed by atoms with van der Waals surface area (Å²) >= 11 is 0. The minimum Gasteiger partial charge on any atom is -0.507 e. The largest absolute Gasteiger partial charge is 0.507 e. The Kier molecular flexibility index (Phi) is 7.69. The van der Waals surface area contributed by atoms with Crippen LogP contribution in [-0.4, -0.2) is 51.2 Å². The molecule has 0 spiro atoms. The maximum absolute atomic E-state index is 10.3. The van der Waals surface area contributed by atoms with Crippen LogP contribution in [0.15, 0.2) is 48.5 Å². The number of rotatable bonds is 2. The molecule has 0 saturated heterocycles. The third-order valence-electron chi connectivity index (χ3n) is 2.27. The molecule has 6 nitrogen and oxygen atoms in total. The smallest absolute Gasteiger partial charge is 0.339 e. The van der Waals surface area contributed by atoms with Crippen molar-refractivity contribution in [3.63, 3.8) is 0 Å². The quantitative estimate of drug-likeness (QED) is 0.625. The van der Waals surface area contributed by atoms with Crippen LogP contribution in [0.1, 0.15) is 20.7 Å². The zero-order valence-electron chi connectivity index (χ0n) is 11.2. The fourth-order valence-corrected chi connectivity index (χ4v) is 1.31. The Balaban J connectivity index is 0.000000364. The van der Waals surface area contributed by atoms with Gasteiger partial charge in [0, 0.05) is 18.9 Å². The van der Waals surface area contributed by atoms with Crippen molar-refractivity contribution in [3.8, 4) is 11.5 Å². The number of benzene rings is 2. The molecule has 1 radical (unpaired) electrons. The Bertz CT molecular complexity index is 571. The molecular formula is C14H12LiO6. The maximum Gasteiger partial charge on any atom is 0.339 e. The van der Waals surface area contributed by atoms with E-state index in [4.69, 9.17) is 20.4 Å². The molecule has 0 atom stereocenters. The number of carbonyl (C=O) groups is 2. The number of aromatic carboxylic acids is 2. The van der Waals surface area contributed by atoms with E-state index in [1.54, 1.807) is 24.3 Å². The van der Waals surface area contributed by atoms with E-state index in [-0.39, 0.29) is 41.5 Å². The third-order valence-corrected chi connectivity index (χ3v) is 2.27. The van der Waals surface area contributed by atoms with Crippen molar-refractivity contribution in [2.75, 3.05) is 0 Å². The molecule has 0 aliphatic rings. The van der Waals surface area contributed by atoms with Gasteiger partial charge in [0.05, 0.1) is 0 Å². The fourth-order valence-electron chi connectivity index (χ4n) is 1.31. The summed E-state index contributed by atoms with van der Waals surface area (Å²) < 4.78 is 0. The molecular weight excluding hydrogens is 271 g/mol. The van der Waals surface area contributed by atoms with Crippen LogP contribution in [0.4, 0.5) is 0 Å². The normalized spacial score (nSPS) is 8.76. The first kappa shape index (κ1) is 18.6. The van der Waals surface area contributed by atoms with Crippen LogP contribution < -0.4 is 0 Å². The number of aromatic hydroxyl groups is 2. The molecule has 0 saturated carbocycles. The molecule has 0 unspecified atom stereocenters. The van der Waals surface area contributed by atoms with Crippen molar-refractivity contribution in [1.29, 1.82) is 0 Å². The van der Waals surface area contributed by atoms with Gasteiger partial charge in [-0.15, -0.1) is 0 Å². The van der Waals surface area contributed by atoms with Crippen molar-refractivity contribution >= 4 is 30.8 Å². The van der Waals surface area contributed by atoms with Gasteiger partial charge in [-0.25, -0.2) is 9.59 Å². The third kappa shape index (κ3) is 5.61. The monoisotopic (exact) mass is 283 g/mol. The SMILES string of the molecule is O=C(O)c1ccccc1O.O=C(O)c1ccccc1O.[Li]. The first-order valence-electron chi connectivity index (χ1n) is 5.46. The zero-order valence-corrected chi connectivity index (χ0v) is 11.2. The van der Waals surface area contributed by atoms with Crippen LogP contribution in [0.2, 0.25) is 0 Å². The van der Waals surface area contributed by atoms with Gasteiger partial charge in [0.25, 0.3) is 0 Å². The summed E-state index contributed by atoms with van der Waals surface area (Å²) in [5.74, 6) is -2.62. The molecule has 0 aromatic heterocycles. The van der Waals surface area contributed by atoms with Crippen molar-refractivity contribution in [2.24, 2.45) is 0 Å². The first-order valence-corrected chi connectivity index (χ1v) is 5.46. The predicted octanol–water partition coefficient (Wildman–Crippen LogP) is 1.80. The van der Waals surface area contributed by atoms with E-state index in [0.717, 1.165) is 0 Å². The van der Waals surface area contributed by atoms with Crippen LogP contribution in [0.25, 0.3) is 0 Å². The van der Waals surface area contributed by atoms with E-state index in [2.05, 4.69) is 0 Å². The van der Waals surface area contributed by atoms with Crippen LogP contribution >= 0.6 is 0 Å². The van der Waals surface area contributed by atoms with E-state index < -0.39 is 11.9 Å². The summed E-state index contributed by atoms with van der Waals surface area (Å²) in [5, 5.41) is 34.6. The summed E-state index contributed by atoms with van der Waals surface area (Å²) in [6, 6.07) is 11.6. The molecule has 0 amide bonds. The maximum atomic E-state index is 10.3. The van der Waals surface area contributed by atoms with E-state index in [9.17, 15) is 9.59 Å². The molecule has 0 heterocycles. The van der Waals surface area contributed by atoms with Gasteiger partial charge in [-0.3, -0.25) is 0 Å². The van der Waals surface area contributed by atoms with Crippen LogP contribution in [-0.2, 0) is 0 Å². The molecule has 7 heteroatoms. The summed E-state index contributed by atoms with van der Waals surface area (Å²) in [6.07, 6.45) is 0. The summed E-state index contributed by atoms with van der Waals surface area (Å²) in [6.45, 7) is 0. The number of carboxylic acid groups (broad SMARTS) is 2. The Morgan fingerprint density at radius 2 is 0.952 bits per heavy atom. The molecule has 2 rings (SSSR count). The van der Waals surface area contributed by atoms with Gasteiger partial charge >= 0.3 is 11.9 Å². The van der Waals surface area contributed by atoms with Gasteiger partial charge < -0.3 is 20.4 Å². The molecule has 0 fully saturated rings. The van der Waals surface area contributed by atoms with Crippen molar-refractivity contribution in [3.05, 3.63) is 59.7 Å². The topological polar surface area (TPSA) is 115 Å². The number of hydrogen-bond donors (Lipinski definition) is 4. The van der Waals surface area contributed by atoms with Crippen LogP contribution in [0, 0.1) is 0 Å². The van der Waals surface area contributed by atoms with E-state index in [1.165, 1.54) is 24.3 Å². The minimum atomic E-state index is -1.11. The van der Waals surface area contributed by atoms with Gasteiger partial charge in [-0.05, 0) is 24.3 Å². The van der Waals surface area contributed by atoms with Gasteiger partial charge in [-0.1, -0.05) is 24.3 Å². The summed E-state index contributed by atoms with van der Waals surface area (Å²) in [4.78, 5) is 20.5. The van der Waals surface area contributed by atoms with Gasteiger partial charge in [-0.2, -0.15) is 0 Å². The van der Waals surface area contributed by atoms with Crippen LogP contribution in [0.3, 0.4) is 0 Å². The number of phenols is 2. The number of para-hydroxylation sites is 2. The molecule has 0 bridgehead atoms. The molecule has 21 heavy (non-hydrogen) atoms. The van der Waals surface area contributed by atoms with Gasteiger partial charge in [0.15, 0.2) is 0 Å². The fraction of sp³-hybridized carbons (Fsp3) is 0. The second kappa shape index (κ2) is 8.69. The molecule has 2 aromatic rings. The number of hydrogen-bond acceptors (Lipinski definition) is 4. The minimum absolute atomic E-state index is 0. The van der Waals surface area contributed by atoms with Crippen molar-refractivity contribution in [2.45, 2.75) is 0 Å². The zero-order chi connectivity index (χ0) is 15.1. The summed E-state index contributed by atoms with van der Waals surface area (Å²) in [5.41, 5.74) is -0.134. The Hall–Kier alpha value is -2.42. The van der Waals surface area contributed by atoms with Crippen LogP contribution in [0.5, 0.6) is 11.5 Å². The molecule has 0 aliphatic carbocycles. The second-order valence-corrected chi connectivity index (χ2v) is 3.64. The molecule has 0 aliphatic heterocycles. The molecule has 2 aromatic carbocycles. The van der Waals surface area contributed by atoms with E-state index in [1.807, 2.05) is 0 Å². The Morgan fingerprint density at radius 1 is 0.667 bits per heavy atom. The summed E-state index contributed by atoms with van der Waals surface area (Å²) in [7, 11) is 0. The van der Waals surface area contributed by atoms with Crippen molar-refractivity contribution in [1.82, 2.24) is 0 Å². The average molecular weight is 283 g/mol. The second-order valence-electron chi connectivity index (χ2n) is 3.64. The molecule has 4 N–H and O–H groups in total. The Morgan fingerprint density at radius 3 is 1.14 bits per heavy atom.